The molecule has 0 fully saturated rings. The molecule has 0 bridgehead atoms. The van der Waals surface area contributed by atoms with Crippen LogP contribution in [0.3, 0.4) is 0 Å². The van der Waals surface area contributed by atoms with Crippen molar-refractivity contribution in [3.63, 3.8) is 0 Å². The van der Waals surface area contributed by atoms with Gasteiger partial charge in [-0.2, -0.15) is 5.26 Å². The molecule has 0 atom stereocenters. The molecule has 0 unspecified atom stereocenters. The summed E-state index contributed by atoms with van der Waals surface area (Å²) in [5.41, 5.74) is 7.42. The molecule has 0 saturated heterocycles. The van der Waals surface area contributed by atoms with Gasteiger partial charge in [0.2, 0.25) is 0 Å². The average molecular weight is 232 g/mol. The van der Waals surface area contributed by atoms with Crippen LogP contribution in [0, 0.1) is 18.3 Å². The molecule has 4 nitrogen and oxygen atoms in total. The summed E-state index contributed by atoms with van der Waals surface area (Å²) in [4.78, 5) is 11.8. The predicted molar refractivity (Wildman–Crippen MR) is 65.3 cm³/mol. The van der Waals surface area contributed by atoms with Gasteiger partial charge in [-0.3, -0.25) is 0 Å². The van der Waals surface area contributed by atoms with E-state index in [1.54, 1.807) is 12.1 Å². The molecule has 0 aliphatic rings. The molecule has 4 heteroatoms. The molecule has 1 aromatic carbocycles. The van der Waals surface area contributed by atoms with Crippen LogP contribution < -0.4 is 5.73 Å². The smallest absolute Gasteiger partial charge is 0.340 e. The number of benzene rings is 1. The Hall–Kier alpha value is -2.02. The van der Waals surface area contributed by atoms with Crippen LogP contribution in [0.15, 0.2) is 18.2 Å². The Kier molecular flexibility index (Phi) is 5.02. The van der Waals surface area contributed by atoms with Crippen molar-refractivity contribution in [1.29, 1.82) is 5.26 Å². The monoisotopic (exact) mass is 232 g/mol. The van der Waals surface area contributed by atoms with Gasteiger partial charge in [-0.15, -0.1) is 0 Å². The molecule has 1 aromatic rings. The third-order valence-electron chi connectivity index (χ3n) is 2.43. The van der Waals surface area contributed by atoms with Crippen LogP contribution in [0.1, 0.15) is 35.2 Å². The summed E-state index contributed by atoms with van der Waals surface area (Å²) < 4.78 is 5.11. The highest BCUT2D eigenvalue weighted by molar-refractivity contribution is 5.96. The Morgan fingerprint density at radius 1 is 1.47 bits per heavy atom. The number of nitrogen functional groups attached to an aromatic ring is 1. The molecule has 1 rings (SSSR count). The second kappa shape index (κ2) is 6.54. The van der Waals surface area contributed by atoms with E-state index in [2.05, 4.69) is 0 Å². The predicted octanol–water partition coefficient (Wildman–Crippen LogP) is 2.43. The topological polar surface area (TPSA) is 76.1 Å². The number of carbonyl (C=O) groups excluding carboxylic acids is 1. The number of nitriles is 1. The van der Waals surface area contributed by atoms with Crippen LogP contribution in [-0.4, -0.2) is 12.6 Å². The van der Waals surface area contributed by atoms with Gasteiger partial charge in [-0.25, -0.2) is 4.79 Å². The highest BCUT2D eigenvalue weighted by Gasteiger charge is 2.13. The highest BCUT2D eigenvalue weighted by atomic mass is 16.5. The van der Waals surface area contributed by atoms with E-state index in [0.717, 1.165) is 12.0 Å². The van der Waals surface area contributed by atoms with Gasteiger partial charge in [0.1, 0.15) is 0 Å². The number of anilines is 1. The van der Waals surface area contributed by atoms with Crippen molar-refractivity contribution in [2.75, 3.05) is 12.3 Å². The number of hydrogen-bond donors (Lipinski definition) is 1. The molecule has 17 heavy (non-hydrogen) atoms. The molecule has 0 radical (unpaired) electrons. The van der Waals surface area contributed by atoms with Gasteiger partial charge in [-0.05, 0) is 31.4 Å². The number of unbranched alkanes of at least 4 members (excludes halogenated alkanes) is 2. The second-order valence-corrected chi connectivity index (χ2v) is 3.79. The average Bonchev–Trinajstić information content (AvgIpc) is 2.28. The normalized spacial score (nSPS) is 9.65. The van der Waals surface area contributed by atoms with E-state index in [1.807, 2.05) is 19.1 Å². The zero-order chi connectivity index (χ0) is 12.7. The fraction of sp³-hybridized carbons (Fsp3) is 0.385. The van der Waals surface area contributed by atoms with Crippen molar-refractivity contribution in [1.82, 2.24) is 0 Å². The van der Waals surface area contributed by atoms with E-state index >= 15 is 0 Å². The molecule has 90 valence electrons. The number of ether oxygens (including phenoxy) is 1. The Morgan fingerprint density at radius 3 is 2.88 bits per heavy atom. The van der Waals surface area contributed by atoms with E-state index in [1.165, 1.54) is 0 Å². The van der Waals surface area contributed by atoms with Crippen molar-refractivity contribution in [3.05, 3.63) is 29.3 Å². The number of aryl methyl sites for hydroxylation is 1. The lowest BCUT2D eigenvalue weighted by molar-refractivity contribution is 0.0499. The van der Waals surface area contributed by atoms with E-state index in [-0.39, 0.29) is 0 Å². The summed E-state index contributed by atoms with van der Waals surface area (Å²) in [6.45, 7) is 2.15. The lowest BCUT2D eigenvalue weighted by atomic mass is 10.1. The summed E-state index contributed by atoms with van der Waals surface area (Å²) >= 11 is 0. The minimum absolute atomic E-state index is 0.328. The van der Waals surface area contributed by atoms with E-state index in [4.69, 9.17) is 15.7 Å². The lowest BCUT2D eigenvalue weighted by Gasteiger charge is -2.08. The quantitative estimate of drug-likeness (QED) is 0.480. The Morgan fingerprint density at radius 2 is 2.24 bits per heavy atom. The first-order chi connectivity index (χ1) is 8.16. The Bertz CT molecular complexity index is 415. The largest absolute Gasteiger partial charge is 0.462 e. The highest BCUT2D eigenvalue weighted by Crippen LogP contribution is 2.17. The maximum absolute atomic E-state index is 11.8. The third-order valence-corrected chi connectivity index (χ3v) is 2.43. The second-order valence-electron chi connectivity index (χ2n) is 3.79. The van der Waals surface area contributed by atoms with Gasteiger partial charge in [0.15, 0.2) is 0 Å². The zero-order valence-electron chi connectivity index (χ0n) is 9.90. The Labute approximate surface area is 101 Å². The minimum atomic E-state index is -0.391. The summed E-state index contributed by atoms with van der Waals surface area (Å²) in [6.07, 6.45) is 1.93. The number of hydrogen-bond acceptors (Lipinski definition) is 4. The maximum atomic E-state index is 11.8. The van der Waals surface area contributed by atoms with Gasteiger partial charge in [0.05, 0.1) is 18.2 Å². The summed E-state index contributed by atoms with van der Waals surface area (Å²) in [6, 6.07) is 7.35. The van der Waals surface area contributed by atoms with Gasteiger partial charge in [-0.1, -0.05) is 12.1 Å². The third kappa shape index (κ3) is 3.80. The number of nitrogens with zero attached hydrogens (tertiary/aromatic N) is 1. The van der Waals surface area contributed by atoms with Crippen LogP contribution in [0.25, 0.3) is 0 Å². The van der Waals surface area contributed by atoms with Crippen molar-refractivity contribution in [2.24, 2.45) is 0 Å². The van der Waals surface area contributed by atoms with Crippen LogP contribution in [0.4, 0.5) is 5.69 Å². The Balaban J connectivity index is 2.51. The number of rotatable bonds is 5. The van der Waals surface area contributed by atoms with Crippen molar-refractivity contribution in [2.45, 2.75) is 26.2 Å². The van der Waals surface area contributed by atoms with Gasteiger partial charge < -0.3 is 10.5 Å². The molecule has 0 amide bonds. The molecule has 0 aliphatic heterocycles. The fourth-order valence-corrected chi connectivity index (χ4v) is 1.51. The number of nitrogens with two attached hydrogens (primary N) is 1. The molecule has 2 N–H and O–H groups in total. The number of esters is 1. The van der Waals surface area contributed by atoms with Crippen LogP contribution in [0.5, 0.6) is 0 Å². The van der Waals surface area contributed by atoms with Crippen molar-refractivity contribution in [3.8, 4) is 6.07 Å². The first-order valence-electron chi connectivity index (χ1n) is 5.56. The minimum Gasteiger partial charge on any atom is -0.462 e. The summed E-state index contributed by atoms with van der Waals surface area (Å²) in [5.74, 6) is -0.391. The number of carbonyl (C=O) groups is 1. The SMILES string of the molecule is Cc1cccc(N)c1C(=O)OCCCCC#N. The molecule has 0 aliphatic carbocycles. The standard InChI is InChI=1S/C13H16N2O2/c1-10-6-5-7-11(15)12(10)13(16)17-9-4-2-3-8-14/h5-7H,2-4,9,15H2,1H3. The van der Waals surface area contributed by atoms with Crippen LogP contribution in [-0.2, 0) is 4.74 Å². The maximum Gasteiger partial charge on any atom is 0.340 e. The van der Waals surface area contributed by atoms with Gasteiger partial charge >= 0.3 is 5.97 Å². The first-order valence-corrected chi connectivity index (χ1v) is 5.56. The lowest BCUT2D eigenvalue weighted by Crippen LogP contribution is -2.11. The fourth-order valence-electron chi connectivity index (χ4n) is 1.51. The molecule has 0 spiro atoms. The summed E-state index contributed by atoms with van der Waals surface area (Å²) in [5, 5.41) is 8.35. The summed E-state index contributed by atoms with van der Waals surface area (Å²) in [7, 11) is 0. The molecule has 0 aromatic heterocycles. The van der Waals surface area contributed by atoms with Crippen molar-refractivity contribution < 1.29 is 9.53 Å². The van der Waals surface area contributed by atoms with Crippen molar-refractivity contribution >= 4 is 11.7 Å². The van der Waals surface area contributed by atoms with Gasteiger partial charge in [0, 0.05) is 12.1 Å². The van der Waals surface area contributed by atoms with E-state index in [9.17, 15) is 4.79 Å². The van der Waals surface area contributed by atoms with E-state index in [0.29, 0.717) is 30.7 Å². The van der Waals surface area contributed by atoms with Crippen LogP contribution in [0.2, 0.25) is 0 Å². The molecular weight excluding hydrogens is 216 g/mol. The molecule has 0 saturated carbocycles. The first kappa shape index (κ1) is 13.0. The van der Waals surface area contributed by atoms with Gasteiger partial charge in [0.25, 0.3) is 0 Å². The van der Waals surface area contributed by atoms with Crippen LogP contribution >= 0.6 is 0 Å². The van der Waals surface area contributed by atoms with E-state index < -0.39 is 5.97 Å². The molecule has 0 heterocycles. The zero-order valence-corrected chi connectivity index (χ0v) is 9.90. The molecular formula is C13H16N2O2.